The van der Waals surface area contributed by atoms with Crippen molar-refractivity contribution in [2.45, 2.75) is 48.3 Å². The second-order valence-electron chi connectivity index (χ2n) is 10.1. The zero-order valence-corrected chi connectivity index (χ0v) is 18.4. The van der Waals surface area contributed by atoms with Gasteiger partial charge in [-0.1, -0.05) is 48.6 Å². The van der Waals surface area contributed by atoms with Crippen LogP contribution in [0.25, 0.3) is 0 Å². The van der Waals surface area contributed by atoms with Gasteiger partial charge in [-0.05, 0) is 50.0 Å². The van der Waals surface area contributed by atoms with E-state index in [0.717, 1.165) is 37.3 Å². The normalized spacial score (nSPS) is 41.1. The van der Waals surface area contributed by atoms with Gasteiger partial charge in [0.05, 0.1) is 12.5 Å². The van der Waals surface area contributed by atoms with E-state index in [0.29, 0.717) is 6.04 Å². The minimum absolute atomic E-state index is 0.0378. The number of ether oxygens (including phenoxy) is 3. The van der Waals surface area contributed by atoms with Crippen LogP contribution >= 0.6 is 0 Å². The monoisotopic (exact) mass is 415 g/mol. The lowest BCUT2D eigenvalue weighted by atomic mass is 9.37. The highest BCUT2D eigenvalue weighted by atomic mass is 16.6. The van der Waals surface area contributed by atoms with Gasteiger partial charge in [-0.2, -0.15) is 0 Å². The maximum Gasteiger partial charge on any atom is 0.166 e. The molecule has 2 heterocycles. The first-order chi connectivity index (χ1) is 15.1. The number of benzene rings is 2. The van der Waals surface area contributed by atoms with Gasteiger partial charge in [-0.3, -0.25) is 0 Å². The summed E-state index contributed by atoms with van der Waals surface area (Å²) in [5.74, 6) is 2.09. The topological polar surface area (TPSA) is 30.9 Å². The van der Waals surface area contributed by atoms with Crippen LogP contribution in [0.15, 0.2) is 54.6 Å². The van der Waals surface area contributed by atoms with Gasteiger partial charge in [0.15, 0.2) is 11.5 Å². The zero-order chi connectivity index (χ0) is 21.0. The number of hydrogen-bond donors (Lipinski definition) is 0. The molecule has 0 aromatic heterocycles. The molecule has 0 amide bonds. The van der Waals surface area contributed by atoms with Gasteiger partial charge in [0, 0.05) is 30.0 Å². The van der Waals surface area contributed by atoms with Gasteiger partial charge in [0.1, 0.15) is 11.7 Å². The molecule has 2 aromatic carbocycles. The Labute approximate surface area is 183 Å². The summed E-state index contributed by atoms with van der Waals surface area (Å²) < 4.78 is 19.3. The molecule has 4 nitrogen and oxygen atoms in total. The summed E-state index contributed by atoms with van der Waals surface area (Å²) in [6, 6.07) is 15.8. The Hall–Kier alpha value is -2.30. The molecule has 6 atom stereocenters. The van der Waals surface area contributed by atoms with E-state index in [2.05, 4.69) is 66.6 Å². The number of rotatable bonds is 3. The maximum absolute atomic E-state index is 6.99. The molecule has 2 fully saturated rings. The Morgan fingerprint density at radius 3 is 2.68 bits per heavy atom. The van der Waals surface area contributed by atoms with Crippen molar-refractivity contribution in [1.29, 1.82) is 0 Å². The van der Waals surface area contributed by atoms with E-state index in [1.807, 2.05) is 7.11 Å². The molecule has 31 heavy (non-hydrogen) atoms. The highest BCUT2D eigenvalue weighted by Crippen LogP contribution is 2.75. The average Bonchev–Trinajstić information content (AvgIpc) is 3.19. The predicted octanol–water partition coefficient (Wildman–Crippen LogP) is 4.08. The van der Waals surface area contributed by atoms with Crippen LogP contribution in [0.2, 0.25) is 0 Å². The van der Waals surface area contributed by atoms with Crippen molar-refractivity contribution in [1.82, 2.24) is 4.90 Å². The fourth-order valence-electron chi connectivity index (χ4n) is 8.27. The van der Waals surface area contributed by atoms with E-state index in [9.17, 15) is 0 Å². The fourth-order valence-corrected chi connectivity index (χ4v) is 8.27. The molecule has 1 saturated heterocycles. The largest absolute Gasteiger partial charge is 0.493 e. The van der Waals surface area contributed by atoms with Crippen molar-refractivity contribution in [2.24, 2.45) is 5.41 Å². The molecule has 1 saturated carbocycles. The Balaban J connectivity index is 1.55. The van der Waals surface area contributed by atoms with Crippen LogP contribution in [0.1, 0.15) is 35.4 Å². The summed E-state index contributed by atoms with van der Waals surface area (Å²) in [5, 5.41) is 0. The molecule has 4 heteroatoms. The first-order valence-corrected chi connectivity index (χ1v) is 11.5. The number of hydrogen-bond acceptors (Lipinski definition) is 4. The van der Waals surface area contributed by atoms with Crippen LogP contribution < -0.4 is 9.47 Å². The standard InChI is InChI=1S/C27H29NO3/c1-28-14-13-26-22-18-9-10-20(29-2)23(22)31-24(26)27(30-3)12-11-25(26,21(28)15-18)16-19(27)17-7-5-4-6-8-17/h4-12,19,21,24H,13-16H2,1-3H3/t19-,21-,24-,25-,26+,27-/m1/s1. The number of piperidine rings is 1. The lowest BCUT2D eigenvalue weighted by molar-refractivity contribution is -0.197. The minimum atomic E-state index is -0.484. The first-order valence-electron chi connectivity index (χ1n) is 11.5. The van der Waals surface area contributed by atoms with Gasteiger partial charge >= 0.3 is 0 Å². The van der Waals surface area contributed by atoms with E-state index in [-0.39, 0.29) is 22.9 Å². The summed E-state index contributed by atoms with van der Waals surface area (Å²) in [7, 11) is 5.93. The molecule has 2 aromatic rings. The Morgan fingerprint density at radius 1 is 1.06 bits per heavy atom. The Bertz CT molecular complexity index is 1110. The maximum atomic E-state index is 6.99. The summed E-state index contributed by atoms with van der Waals surface area (Å²) in [5.41, 5.74) is 3.69. The van der Waals surface area contributed by atoms with Gasteiger partial charge in [-0.15, -0.1) is 0 Å². The van der Waals surface area contributed by atoms with Crippen molar-refractivity contribution in [2.75, 3.05) is 27.8 Å². The molecule has 2 spiro atoms. The molecular formula is C27H29NO3. The molecule has 0 unspecified atom stereocenters. The van der Waals surface area contributed by atoms with Crippen molar-refractivity contribution in [3.05, 3.63) is 71.3 Å². The molecule has 4 bridgehead atoms. The number of nitrogens with zero attached hydrogens (tertiary/aromatic N) is 1. The number of methoxy groups -OCH3 is 2. The molecule has 2 aliphatic heterocycles. The fraction of sp³-hybridized carbons (Fsp3) is 0.481. The molecule has 8 rings (SSSR count). The number of fused-ring (bicyclic) bond motifs is 1. The summed E-state index contributed by atoms with van der Waals surface area (Å²) >= 11 is 0. The van der Waals surface area contributed by atoms with Crippen molar-refractivity contribution >= 4 is 0 Å². The third kappa shape index (κ3) is 1.80. The first kappa shape index (κ1) is 18.3. The average molecular weight is 416 g/mol. The SMILES string of the molecule is COc1ccc2c3c1O[C@H]1[C@@]4(OC)C=C[C@@]5(C[C@@H]4c4ccccc4)[C@@H](C2)N(C)CC[C@]315. The van der Waals surface area contributed by atoms with Crippen LogP contribution in [0.5, 0.6) is 11.5 Å². The third-order valence-electron chi connectivity index (χ3n) is 9.48. The molecule has 4 aliphatic carbocycles. The second-order valence-corrected chi connectivity index (χ2v) is 10.1. The van der Waals surface area contributed by atoms with Crippen LogP contribution in [-0.2, 0) is 16.6 Å². The van der Waals surface area contributed by atoms with Gasteiger partial charge < -0.3 is 19.1 Å². The van der Waals surface area contributed by atoms with Crippen LogP contribution in [-0.4, -0.2) is 50.5 Å². The lowest BCUT2D eigenvalue weighted by Gasteiger charge is -2.71. The lowest BCUT2D eigenvalue weighted by Crippen LogP contribution is -2.78. The molecule has 160 valence electrons. The molecule has 6 aliphatic rings. The Morgan fingerprint density at radius 2 is 1.90 bits per heavy atom. The zero-order valence-electron chi connectivity index (χ0n) is 18.4. The van der Waals surface area contributed by atoms with E-state index in [4.69, 9.17) is 14.2 Å². The van der Waals surface area contributed by atoms with Gasteiger partial charge in [-0.25, -0.2) is 0 Å². The third-order valence-corrected chi connectivity index (χ3v) is 9.48. The summed E-state index contributed by atoms with van der Waals surface area (Å²) in [4.78, 5) is 2.60. The van der Waals surface area contributed by atoms with Gasteiger partial charge in [0.25, 0.3) is 0 Å². The highest BCUT2D eigenvalue weighted by molar-refractivity contribution is 5.66. The molecule has 0 radical (unpaired) electrons. The second kappa shape index (κ2) is 5.73. The van der Waals surface area contributed by atoms with Crippen molar-refractivity contribution in [3.8, 4) is 11.5 Å². The van der Waals surface area contributed by atoms with Crippen LogP contribution in [0.3, 0.4) is 0 Å². The molecule has 0 N–H and O–H groups in total. The predicted molar refractivity (Wildman–Crippen MR) is 119 cm³/mol. The van der Waals surface area contributed by atoms with Crippen molar-refractivity contribution in [3.63, 3.8) is 0 Å². The summed E-state index contributed by atoms with van der Waals surface area (Å²) in [6.45, 7) is 1.09. The minimum Gasteiger partial charge on any atom is -0.493 e. The number of likely N-dealkylation sites (tertiary alicyclic amines) is 1. The van der Waals surface area contributed by atoms with Crippen LogP contribution in [0.4, 0.5) is 0 Å². The van der Waals surface area contributed by atoms with E-state index in [1.54, 1.807) is 7.11 Å². The summed E-state index contributed by atoms with van der Waals surface area (Å²) in [6.07, 6.45) is 8.10. The van der Waals surface area contributed by atoms with Crippen LogP contribution in [0, 0.1) is 5.41 Å². The van der Waals surface area contributed by atoms with Gasteiger partial charge in [0.2, 0.25) is 0 Å². The smallest absolute Gasteiger partial charge is 0.166 e. The number of likely N-dealkylation sites (N-methyl/N-ethyl adjacent to an activating group) is 1. The quantitative estimate of drug-likeness (QED) is 0.707. The van der Waals surface area contributed by atoms with E-state index < -0.39 is 5.60 Å². The highest BCUT2D eigenvalue weighted by Gasteiger charge is 2.79. The Kier molecular flexibility index (Phi) is 3.38. The molecular weight excluding hydrogens is 386 g/mol. The van der Waals surface area contributed by atoms with Crippen molar-refractivity contribution < 1.29 is 14.2 Å². The van der Waals surface area contributed by atoms with E-state index >= 15 is 0 Å². The van der Waals surface area contributed by atoms with E-state index in [1.165, 1.54) is 16.7 Å².